The molecule has 15 heavy (non-hydrogen) atoms. The zero-order valence-electron chi connectivity index (χ0n) is 7.76. The average molecular weight is 269 g/mol. The molecule has 0 fully saturated rings. The smallest absolute Gasteiger partial charge is 0.276 e. The standard InChI is InChI=1S/C9H8Cl3NO2/c1-15-7-5-3-2-4-6(7)13-8(14)9(10,11)12/h2-5H,1H3,(H,13,14). The highest BCUT2D eigenvalue weighted by molar-refractivity contribution is 6.76. The number of methoxy groups -OCH3 is 1. The summed E-state index contributed by atoms with van der Waals surface area (Å²) in [5.74, 6) is -0.225. The van der Waals surface area contributed by atoms with Crippen LogP contribution < -0.4 is 10.1 Å². The van der Waals surface area contributed by atoms with E-state index in [0.717, 1.165) is 0 Å². The molecular formula is C9H8Cl3NO2. The third-order valence-electron chi connectivity index (χ3n) is 1.61. The van der Waals surface area contributed by atoms with Crippen molar-refractivity contribution in [2.45, 2.75) is 3.79 Å². The molecule has 0 atom stereocenters. The Kier molecular flexibility index (Phi) is 4.08. The van der Waals surface area contributed by atoms with Gasteiger partial charge in [0.1, 0.15) is 5.75 Å². The van der Waals surface area contributed by atoms with Gasteiger partial charge < -0.3 is 10.1 Å². The van der Waals surface area contributed by atoms with E-state index in [0.29, 0.717) is 11.4 Å². The Morgan fingerprint density at radius 1 is 1.33 bits per heavy atom. The van der Waals surface area contributed by atoms with Crippen molar-refractivity contribution in [2.24, 2.45) is 0 Å². The highest BCUT2D eigenvalue weighted by atomic mass is 35.6. The molecule has 0 aromatic heterocycles. The number of benzene rings is 1. The number of nitrogens with one attached hydrogen (secondary N) is 1. The molecule has 0 spiro atoms. The first-order chi connectivity index (χ1) is 6.95. The Morgan fingerprint density at radius 3 is 2.47 bits per heavy atom. The first-order valence-electron chi connectivity index (χ1n) is 3.96. The van der Waals surface area contributed by atoms with Gasteiger partial charge in [0.15, 0.2) is 0 Å². The number of anilines is 1. The molecule has 0 radical (unpaired) electrons. The molecule has 0 heterocycles. The summed E-state index contributed by atoms with van der Waals surface area (Å²) >= 11 is 16.2. The third kappa shape index (κ3) is 3.45. The van der Waals surface area contributed by atoms with Crippen molar-refractivity contribution in [1.29, 1.82) is 0 Å². The summed E-state index contributed by atoms with van der Waals surface area (Å²) < 4.78 is 3.03. The first-order valence-corrected chi connectivity index (χ1v) is 5.09. The second kappa shape index (κ2) is 4.92. The van der Waals surface area contributed by atoms with Gasteiger partial charge in [-0.15, -0.1) is 0 Å². The lowest BCUT2D eigenvalue weighted by Gasteiger charge is -2.13. The van der Waals surface area contributed by atoms with E-state index in [1.165, 1.54) is 7.11 Å². The summed E-state index contributed by atoms with van der Waals surface area (Å²) in [6.07, 6.45) is 0. The van der Waals surface area contributed by atoms with Crippen LogP contribution in [-0.2, 0) is 4.79 Å². The molecular weight excluding hydrogens is 260 g/mol. The highest BCUT2D eigenvalue weighted by Gasteiger charge is 2.31. The molecule has 0 aliphatic carbocycles. The quantitative estimate of drug-likeness (QED) is 0.837. The summed E-state index contributed by atoms with van der Waals surface area (Å²) in [5.41, 5.74) is 0.455. The molecule has 0 unspecified atom stereocenters. The summed E-state index contributed by atoms with van der Waals surface area (Å²) in [7, 11) is 1.49. The second-order valence-corrected chi connectivity index (χ2v) is 4.93. The predicted molar refractivity (Wildman–Crippen MR) is 61.9 cm³/mol. The zero-order valence-corrected chi connectivity index (χ0v) is 10.0. The fraction of sp³-hybridized carbons (Fsp3) is 0.222. The minimum Gasteiger partial charge on any atom is -0.495 e. The number of hydrogen-bond donors (Lipinski definition) is 1. The van der Waals surface area contributed by atoms with Crippen molar-refractivity contribution in [3.8, 4) is 5.75 Å². The Balaban J connectivity index is 2.85. The Morgan fingerprint density at radius 2 is 1.93 bits per heavy atom. The lowest BCUT2D eigenvalue weighted by molar-refractivity contribution is -0.115. The normalized spacial score (nSPS) is 10.9. The van der Waals surface area contributed by atoms with Crippen LogP contribution in [0.5, 0.6) is 5.75 Å². The number of ether oxygens (including phenoxy) is 1. The number of hydrogen-bond acceptors (Lipinski definition) is 2. The largest absolute Gasteiger partial charge is 0.495 e. The van der Waals surface area contributed by atoms with Gasteiger partial charge >= 0.3 is 0 Å². The molecule has 0 saturated heterocycles. The van der Waals surface area contributed by atoms with Gasteiger partial charge in [-0.3, -0.25) is 4.79 Å². The lowest BCUT2D eigenvalue weighted by Crippen LogP contribution is -2.27. The van der Waals surface area contributed by atoms with E-state index in [1.54, 1.807) is 24.3 Å². The molecule has 1 aromatic carbocycles. The van der Waals surface area contributed by atoms with Crippen LogP contribution in [0.1, 0.15) is 0 Å². The van der Waals surface area contributed by atoms with Crippen LogP contribution >= 0.6 is 34.8 Å². The summed E-state index contributed by atoms with van der Waals surface area (Å²) in [6, 6.07) is 6.83. The molecule has 0 aliphatic heterocycles. The maximum Gasteiger partial charge on any atom is 0.276 e. The minimum absolute atomic E-state index is 0.455. The molecule has 0 saturated carbocycles. The first kappa shape index (κ1) is 12.4. The van der Waals surface area contributed by atoms with Crippen molar-refractivity contribution >= 4 is 46.4 Å². The number of carbonyl (C=O) groups excluding carboxylic acids is 1. The van der Waals surface area contributed by atoms with Crippen molar-refractivity contribution in [2.75, 3.05) is 12.4 Å². The number of carbonyl (C=O) groups is 1. The van der Waals surface area contributed by atoms with Gasteiger partial charge in [-0.1, -0.05) is 46.9 Å². The zero-order chi connectivity index (χ0) is 11.5. The van der Waals surface area contributed by atoms with Crippen molar-refractivity contribution < 1.29 is 9.53 Å². The fourth-order valence-corrected chi connectivity index (χ4v) is 1.08. The molecule has 82 valence electrons. The van der Waals surface area contributed by atoms with E-state index in [2.05, 4.69) is 5.32 Å². The van der Waals surface area contributed by atoms with E-state index >= 15 is 0 Å². The number of alkyl halides is 3. The number of halogens is 3. The Hall–Kier alpha value is -0.640. The fourth-order valence-electron chi connectivity index (χ4n) is 0.941. The molecule has 0 bridgehead atoms. The molecule has 1 aromatic rings. The molecule has 6 heteroatoms. The predicted octanol–water partition coefficient (Wildman–Crippen LogP) is 3.00. The van der Waals surface area contributed by atoms with Crippen LogP contribution in [0, 0.1) is 0 Å². The summed E-state index contributed by atoms with van der Waals surface area (Å²) in [5, 5.41) is 2.44. The average Bonchev–Trinajstić information content (AvgIpc) is 2.17. The molecule has 1 N–H and O–H groups in total. The van der Waals surface area contributed by atoms with Gasteiger partial charge in [0, 0.05) is 0 Å². The van der Waals surface area contributed by atoms with Crippen LogP contribution in [0.3, 0.4) is 0 Å². The van der Waals surface area contributed by atoms with Gasteiger partial charge in [0.2, 0.25) is 0 Å². The van der Waals surface area contributed by atoms with Gasteiger partial charge in [-0.25, -0.2) is 0 Å². The minimum atomic E-state index is -1.99. The monoisotopic (exact) mass is 267 g/mol. The van der Waals surface area contributed by atoms with E-state index in [-0.39, 0.29) is 0 Å². The maximum atomic E-state index is 11.3. The van der Waals surface area contributed by atoms with Crippen LogP contribution in [0.4, 0.5) is 5.69 Å². The van der Waals surface area contributed by atoms with Crippen molar-refractivity contribution in [1.82, 2.24) is 0 Å². The van der Waals surface area contributed by atoms with Gasteiger partial charge in [-0.2, -0.15) is 0 Å². The van der Waals surface area contributed by atoms with Crippen LogP contribution in [0.15, 0.2) is 24.3 Å². The van der Waals surface area contributed by atoms with Gasteiger partial charge in [0.05, 0.1) is 12.8 Å². The Labute approximate surface area is 102 Å². The Bertz CT molecular complexity index is 363. The van der Waals surface area contributed by atoms with Crippen molar-refractivity contribution in [3.63, 3.8) is 0 Å². The third-order valence-corrected chi connectivity index (χ3v) is 2.13. The molecule has 0 aliphatic rings. The molecule has 1 rings (SSSR count). The van der Waals surface area contributed by atoms with Crippen LogP contribution in [-0.4, -0.2) is 16.8 Å². The highest BCUT2D eigenvalue weighted by Crippen LogP contribution is 2.30. The van der Waals surface area contributed by atoms with Gasteiger partial charge in [-0.05, 0) is 12.1 Å². The number of rotatable bonds is 2. The van der Waals surface area contributed by atoms with Crippen LogP contribution in [0.25, 0.3) is 0 Å². The summed E-state index contributed by atoms with van der Waals surface area (Å²) in [4.78, 5) is 11.3. The van der Waals surface area contributed by atoms with E-state index < -0.39 is 9.70 Å². The molecule has 1 amide bonds. The SMILES string of the molecule is COc1ccccc1NC(=O)C(Cl)(Cl)Cl. The van der Waals surface area contributed by atoms with Crippen molar-refractivity contribution in [3.05, 3.63) is 24.3 Å². The number of amides is 1. The lowest BCUT2D eigenvalue weighted by atomic mass is 10.3. The van der Waals surface area contributed by atoms with Gasteiger partial charge in [0.25, 0.3) is 9.70 Å². The number of para-hydroxylation sites is 2. The second-order valence-electron chi connectivity index (χ2n) is 2.65. The maximum absolute atomic E-state index is 11.3. The summed E-state index contributed by atoms with van der Waals surface area (Å²) in [6.45, 7) is 0. The van der Waals surface area contributed by atoms with Crippen LogP contribution in [0.2, 0.25) is 0 Å². The van der Waals surface area contributed by atoms with E-state index in [1.807, 2.05) is 0 Å². The molecule has 3 nitrogen and oxygen atoms in total. The van der Waals surface area contributed by atoms with E-state index in [4.69, 9.17) is 39.5 Å². The van der Waals surface area contributed by atoms with E-state index in [9.17, 15) is 4.79 Å². The topological polar surface area (TPSA) is 38.3 Å².